The summed E-state index contributed by atoms with van der Waals surface area (Å²) < 4.78 is 6.51. The van der Waals surface area contributed by atoms with Gasteiger partial charge in [-0.1, -0.05) is 64.3 Å². The van der Waals surface area contributed by atoms with Crippen LogP contribution in [0.2, 0.25) is 0 Å². The Bertz CT molecular complexity index is 1080. The fourth-order valence-corrected chi connectivity index (χ4v) is 12.6. The van der Waals surface area contributed by atoms with Gasteiger partial charge in [-0.15, -0.1) is 0 Å². The lowest BCUT2D eigenvalue weighted by molar-refractivity contribution is -0.153. The van der Waals surface area contributed by atoms with Crippen molar-refractivity contribution in [1.82, 2.24) is 0 Å². The Morgan fingerprint density at radius 3 is 2.51 bits per heavy atom. The second-order valence-electron chi connectivity index (χ2n) is 16.4. The number of allylic oxidation sites excluding steroid dienone is 4. The van der Waals surface area contributed by atoms with Crippen molar-refractivity contribution in [3.05, 3.63) is 22.8 Å². The van der Waals surface area contributed by atoms with Gasteiger partial charge in [0.05, 0.1) is 5.41 Å². The molecule has 0 N–H and O–H groups in total. The quantitative estimate of drug-likeness (QED) is 0.263. The predicted molar refractivity (Wildman–Crippen MR) is 150 cm³/mol. The molecule has 204 valence electrons. The minimum atomic E-state index is -0.277. The highest BCUT2D eigenvalue weighted by atomic mass is 16.6. The van der Waals surface area contributed by atoms with E-state index in [1.165, 1.54) is 57.8 Å². The molecule has 0 aromatic carbocycles. The number of carbonyl (C=O) groups is 1. The van der Waals surface area contributed by atoms with Crippen LogP contribution >= 0.6 is 0 Å². The van der Waals surface area contributed by atoms with Crippen LogP contribution < -0.4 is 0 Å². The van der Waals surface area contributed by atoms with Crippen molar-refractivity contribution in [2.24, 2.45) is 63.1 Å². The van der Waals surface area contributed by atoms with E-state index in [1.54, 1.807) is 11.1 Å². The van der Waals surface area contributed by atoms with E-state index in [1.807, 2.05) is 5.57 Å². The maximum Gasteiger partial charge on any atom is 0.313 e. The van der Waals surface area contributed by atoms with Crippen LogP contribution in [0.15, 0.2) is 22.8 Å². The van der Waals surface area contributed by atoms with Crippen molar-refractivity contribution in [2.45, 2.75) is 125 Å². The summed E-state index contributed by atoms with van der Waals surface area (Å²) in [7, 11) is 0. The van der Waals surface area contributed by atoms with Gasteiger partial charge in [0.15, 0.2) is 0 Å². The lowest BCUT2D eigenvalue weighted by Crippen LogP contribution is -2.52. The smallest absolute Gasteiger partial charge is 0.313 e. The zero-order valence-electron chi connectivity index (χ0n) is 24.8. The first kappa shape index (κ1) is 25.0. The van der Waals surface area contributed by atoms with E-state index < -0.39 is 0 Å². The monoisotopic (exact) mass is 504 g/mol. The normalized spacial score (nSPS) is 54.4. The number of carbonyl (C=O) groups excluding carboxylic acids is 1. The third-order valence-corrected chi connectivity index (χ3v) is 14.4. The van der Waals surface area contributed by atoms with Crippen molar-refractivity contribution < 1.29 is 9.53 Å². The Morgan fingerprint density at radius 1 is 0.973 bits per heavy atom. The molecule has 7 aliphatic rings. The van der Waals surface area contributed by atoms with E-state index in [0.29, 0.717) is 34.5 Å². The fraction of sp³-hybridized carbons (Fsp3) is 0.857. The van der Waals surface area contributed by atoms with Gasteiger partial charge in [-0.2, -0.15) is 0 Å². The van der Waals surface area contributed by atoms with E-state index in [4.69, 9.17) is 4.74 Å². The summed E-state index contributed by atoms with van der Waals surface area (Å²) in [5.74, 6) is 5.03. The Hall–Kier alpha value is -1.05. The van der Waals surface area contributed by atoms with Gasteiger partial charge in [-0.3, -0.25) is 4.79 Å². The van der Waals surface area contributed by atoms with Crippen LogP contribution in [0.4, 0.5) is 0 Å². The van der Waals surface area contributed by atoms with E-state index in [0.717, 1.165) is 30.6 Å². The van der Waals surface area contributed by atoms with Crippen molar-refractivity contribution in [3.8, 4) is 0 Å². The number of ether oxygens (including phenoxy) is 1. The maximum atomic E-state index is 14.3. The molecular formula is C35H52O2. The Balaban J connectivity index is 1.30. The molecule has 0 aromatic rings. The van der Waals surface area contributed by atoms with Gasteiger partial charge < -0.3 is 4.74 Å². The molecule has 2 heteroatoms. The summed E-state index contributed by atoms with van der Waals surface area (Å²) in [6, 6.07) is 0. The number of rotatable bonds is 1. The molecule has 0 unspecified atom stereocenters. The van der Waals surface area contributed by atoms with Gasteiger partial charge in [0.2, 0.25) is 0 Å². The molecule has 0 amide bonds. The van der Waals surface area contributed by atoms with Crippen LogP contribution in [0.3, 0.4) is 0 Å². The van der Waals surface area contributed by atoms with Gasteiger partial charge in [-0.25, -0.2) is 0 Å². The highest BCUT2D eigenvalue weighted by Crippen LogP contribution is 2.77. The van der Waals surface area contributed by atoms with Crippen LogP contribution in [0.25, 0.3) is 0 Å². The molecular weight excluding hydrogens is 452 g/mol. The van der Waals surface area contributed by atoms with Crippen molar-refractivity contribution in [2.75, 3.05) is 0 Å². The van der Waals surface area contributed by atoms with Gasteiger partial charge in [0, 0.05) is 11.3 Å². The van der Waals surface area contributed by atoms with E-state index in [9.17, 15) is 4.79 Å². The maximum absolute atomic E-state index is 14.3. The molecule has 1 spiro atoms. The molecule has 1 saturated heterocycles. The third kappa shape index (κ3) is 3.03. The summed E-state index contributed by atoms with van der Waals surface area (Å²) in [5.41, 5.74) is 5.59. The molecule has 1 aliphatic heterocycles. The van der Waals surface area contributed by atoms with Crippen molar-refractivity contribution >= 4 is 5.97 Å². The topological polar surface area (TPSA) is 26.3 Å². The molecule has 37 heavy (non-hydrogen) atoms. The van der Waals surface area contributed by atoms with Crippen LogP contribution in [0, 0.1) is 63.1 Å². The largest absolute Gasteiger partial charge is 0.462 e. The third-order valence-electron chi connectivity index (χ3n) is 14.4. The van der Waals surface area contributed by atoms with Crippen LogP contribution in [0.1, 0.15) is 119 Å². The van der Waals surface area contributed by atoms with Crippen LogP contribution in [0.5, 0.6) is 0 Å². The average Bonchev–Trinajstić information content (AvgIpc) is 3.47. The number of fused-ring (bicyclic) bond motifs is 9. The fourth-order valence-electron chi connectivity index (χ4n) is 12.6. The minimum absolute atomic E-state index is 0.00138. The van der Waals surface area contributed by atoms with Gasteiger partial charge >= 0.3 is 5.97 Å². The highest BCUT2D eigenvalue weighted by molar-refractivity contribution is 5.83. The summed E-state index contributed by atoms with van der Waals surface area (Å²) in [6.07, 6.45) is 16.4. The molecule has 2 nitrogen and oxygen atoms in total. The first-order chi connectivity index (χ1) is 17.4. The predicted octanol–water partition coefficient (Wildman–Crippen LogP) is 8.91. The van der Waals surface area contributed by atoms with Crippen molar-refractivity contribution in [3.63, 3.8) is 0 Å². The zero-order valence-corrected chi connectivity index (χ0v) is 24.8. The number of esters is 1. The standard InChI is InChI=1S/C35H52O2/c1-20(2)24-12-14-33(6)18-28-30(22(4)10-11-25(24)33)23-16-34(28,7)35(17-23)27-15-26-21(3)9-8-13-32(26,5)19-29(27)37-31(35)36/h9,20,22-27,29H,8,10-19H2,1-7H3/t22-,23+,24+,25-,26-,27-,29+,32+,33+,34+,35-/m0/s1. The summed E-state index contributed by atoms with van der Waals surface area (Å²) in [4.78, 5) is 14.3. The Morgan fingerprint density at radius 2 is 1.76 bits per heavy atom. The average molecular weight is 505 g/mol. The lowest BCUT2D eigenvalue weighted by Gasteiger charge is -2.54. The SMILES string of the molecule is CC1=CCC[C@]2(C)C[C@H]3OC(=O)[C@]4(C[C@H]5C[C@]4(C)C4=C5[C@@H](C)CC[C@H]5[C@@H](C(C)C)CC[C@]5(C)C4)[C@H]3C[C@@H]12. The highest BCUT2D eigenvalue weighted by Gasteiger charge is 2.75. The number of hydrogen-bond donors (Lipinski definition) is 0. The molecule has 7 rings (SSSR count). The van der Waals surface area contributed by atoms with E-state index in [2.05, 4.69) is 54.5 Å². The molecule has 6 aliphatic carbocycles. The molecule has 0 radical (unpaired) electrons. The molecule has 4 fully saturated rings. The second kappa shape index (κ2) is 7.78. The van der Waals surface area contributed by atoms with Gasteiger partial charge in [0.1, 0.15) is 6.10 Å². The molecule has 11 atom stereocenters. The number of hydrogen-bond acceptors (Lipinski definition) is 2. The van der Waals surface area contributed by atoms with Crippen LogP contribution in [-0.2, 0) is 9.53 Å². The first-order valence-corrected chi connectivity index (χ1v) is 16.0. The molecule has 0 aromatic heterocycles. The second-order valence-corrected chi connectivity index (χ2v) is 16.4. The van der Waals surface area contributed by atoms with Gasteiger partial charge in [-0.05, 0) is 124 Å². The van der Waals surface area contributed by atoms with E-state index in [-0.39, 0.29) is 22.9 Å². The summed E-state index contributed by atoms with van der Waals surface area (Å²) in [5, 5.41) is 0. The summed E-state index contributed by atoms with van der Waals surface area (Å²) in [6.45, 7) is 17.5. The van der Waals surface area contributed by atoms with E-state index >= 15 is 0 Å². The Kier molecular flexibility index (Phi) is 5.25. The zero-order chi connectivity index (χ0) is 26.1. The minimum Gasteiger partial charge on any atom is -0.462 e. The lowest BCUT2D eigenvalue weighted by atomic mass is 9.47. The van der Waals surface area contributed by atoms with Crippen molar-refractivity contribution in [1.29, 1.82) is 0 Å². The van der Waals surface area contributed by atoms with Gasteiger partial charge in [0.25, 0.3) is 0 Å². The molecule has 1 heterocycles. The molecule has 3 saturated carbocycles. The summed E-state index contributed by atoms with van der Waals surface area (Å²) >= 11 is 0. The molecule has 2 bridgehead atoms. The first-order valence-electron chi connectivity index (χ1n) is 16.0. The van der Waals surface area contributed by atoms with Crippen LogP contribution in [-0.4, -0.2) is 12.1 Å². The Labute approximate surface area is 226 Å².